The van der Waals surface area contributed by atoms with Gasteiger partial charge in [0.25, 0.3) is 0 Å². The second-order valence-electron chi connectivity index (χ2n) is 15.7. The summed E-state index contributed by atoms with van der Waals surface area (Å²) in [5.74, 6) is 0.485. The van der Waals surface area contributed by atoms with Gasteiger partial charge in [-0.25, -0.2) is 4.99 Å². The van der Waals surface area contributed by atoms with Crippen molar-refractivity contribution in [3.8, 4) is 33.4 Å². The van der Waals surface area contributed by atoms with Crippen LogP contribution in [0.5, 0.6) is 0 Å². The van der Waals surface area contributed by atoms with E-state index in [1.54, 1.807) is 0 Å². The van der Waals surface area contributed by atoms with Crippen LogP contribution >= 0.6 is 0 Å². The molecule has 0 aromatic heterocycles. The summed E-state index contributed by atoms with van der Waals surface area (Å²) < 4.78 is 0. The Morgan fingerprint density at radius 1 is 0.509 bits per heavy atom. The van der Waals surface area contributed by atoms with Gasteiger partial charge in [0, 0.05) is 16.5 Å². The molecule has 1 aliphatic carbocycles. The largest absolute Gasteiger partial charge is 0.383 e. The van der Waals surface area contributed by atoms with Crippen LogP contribution in [0.15, 0.2) is 199 Å². The van der Waals surface area contributed by atoms with E-state index in [0.29, 0.717) is 12.3 Å². The first kappa shape index (κ1) is 34.5. The predicted octanol–water partition coefficient (Wildman–Crippen LogP) is 13.8. The molecule has 9 aromatic rings. The van der Waals surface area contributed by atoms with E-state index >= 15 is 0 Å². The van der Waals surface area contributed by atoms with E-state index in [9.17, 15) is 0 Å². The molecule has 1 aliphatic rings. The molecule has 0 bridgehead atoms. The maximum Gasteiger partial charge on any atom is 0.131 e. The summed E-state index contributed by atoms with van der Waals surface area (Å²) in [4.78, 5) is 5.25. The fraction of sp³-hybridized carbons (Fsp3) is 0.0727. The summed E-state index contributed by atoms with van der Waals surface area (Å²) in [7, 11) is 0. The lowest BCUT2D eigenvalue weighted by atomic mass is 9.81. The fourth-order valence-electron chi connectivity index (χ4n) is 8.99. The Labute approximate surface area is 334 Å². The lowest BCUT2D eigenvalue weighted by molar-refractivity contribution is 0.661. The molecular formula is C55H42N2. The minimum atomic E-state index is -0.120. The molecule has 10 rings (SSSR count). The van der Waals surface area contributed by atoms with Crippen LogP contribution in [0.2, 0.25) is 0 Å². The Balaban J connectivity index is 1.13. The average Bonchev–Trinajstić information content (AvgIpc) is 3.51. The zero-order valence-electron chi connectivity index (χ0n) is 32.2. The second-order valence-corrected chi connectivity index (χ2v) is 15.7. The van der Waals surface area contributed by atoms with Gasteiger partial charge in [0.1, 0.15) is 5.84 Å². The molecule has 0 saturated carbocycles. The molecule has 0 saturated heterocycles. The highest BCUT2D eigenvalue weighted by Gasteiger charge is 2.38. The van der Waals surface area contributed by atoms with Gasteiger partial charge in [-0.05, 0) is 88.8 Å². The molecule has 9 aromatic carbocycles. The van der Waals surface area contributed by atoms with E-state index in [1.807, 2.05) is 6.07 Å². The first-order valence-electron chi connectivity index (χ1n) is 19.8. The SMILES string of the molecule is CC1(C)c2cccc(-c3ccc(/C(=C/Cc4ccc5ccccc5c4)N=C(N)c4ccc(-c5ccccc5)cc4)c4ccccc34)c2-c2c1ccc1ccccc21. The van der Waals surface area contributed by atoms with Crippen LogP contribution < -0.4 is 5.73 Å². The van der Waals surface area contributed by atoms with Gasteiger partial charge in [0.2, 0.25) is 0 Å². The van der Waals surface area contributed by atoms with Crippen molar-refractivity contribution in [2.45, 2.75) is 25.7 Å². The van der Waals surface area contributed by atoms with Gasteiger partial charge in [-0.15, -0.1) is 0 Å². The van der Waals surface area contributed by atoms with Crippen molar-refractivity contribution in [3.63, 3.8) is 0 Å². The third-order valence-electron chi connectivity index (χ3n) is 12.0. The smallest absolute Gasteiger partial charge is 0.131 e. The monoisotopic (exact) mass is 730 g/mol. The van der Waals surface area contributed by atoms with Crippen molar-refractivity contribution in [3.05, 3.63) is 222 Å². The normalized spacial score (nSPS) is 13.6. The Morgan fingerprint density at radius 3 is 1.96 bits per heavy atom. The molecule has 0 aliphatic heterocycles. The number of hydrogen-bond acceptors (Lipinski definition) is 1. The minimum absolute atomic E-state index is 0.120. The summed E-state index contributed by atoms with van der Waals surface area (Å²) in [6, 6.07) is 67.6. The van der Waals surface area contributed by atoms with E-state index in [-0.39, 0.29) is 5.41 Å². The Bertz CT molecular complexity index is 3060. The standard InChI is InChI=1S/C55H42N2/c1-55(2)49-22-12-21-48(53(49)52-43-18-9-8-16-40(43)30-33-50(52)55)46-31-32-47(45-20-11-10-19-44(45)46)51(34-24-36-23-25-38-15-6-7-17-42(38)35-36)57-54(56)41-28-26-39(27-29-41)37-13-4-3-5-14-37/h3-23,25-35H,24H2,1-2H3,(H2,56,57)/b51-34-. The molecule has 0 atom stereocenters. The highest BCUT2D eigenvalue weighted by molar-refractivity contribution is 6.11. The molecule has 0 radical (unpaired) electrons. The average molecular weight is 731 g/mol. The van der Waals surface area contributed by atoms with Crippen LogP contribution in [-0.4, -0.2) is 5.84 Å². The van der Waals surface area contributed by atoms with E-state index in [4.69, 9.17) is 10.7 Å². The fourth-order valence-corrected chi connectivity index (χ4v) is 8.99. The predicted molar refractivity (Wildman–Crippen MR) is 243 cm³/mol. The van der Waals surface area contributed by atoms with Crippen molar-refractivity contribution in [2.75, 3.05) is 0 Å². The summed E-state index contributed by atoms with van der Waals surface area (Å²) >= 11 is 0. The van der Waals surface area contributed by atoms with Gasteiger partial charge in [0.15, 0.2) is 0 Å². The maximum absolute atomic E-state index is 6.92. The van der Waals surface area contributed by atoms with E-state index < -0.39 is 0 Å². The summed E-state index contributed by atoms with van der Waals surface area (Å²) in [5.41, 5.74) is 21.0. The van der Waals surface area contributed by atoms with Gasteiger partial charge in [-0.2, -0.15) is 0 Å². The number of aliphatic imine (C=N–C) groups is 1. The molecule has 0 amide bonds. The highest BCUT2D eigenvalue weighted by atomic mass is 14.9. The van der Waals surface area contributed by atoms with Gasteiger partial charge in [-0.3, -0.25) is 0 Å². The quantitative estimate of drug-likeness (QED) is 0.129. The third-order valence-corrected chi connectivity index (χ3v) is 12.0. The number of nitrogens with two attached hydrogens (primary N) is 1. The number of amidine groups is 1. The van der Waals surface area contributed by atoms with Crippen molar-refractivity contribution < 1.29 is 0 Å². The number of benzene rings is 9. The van der Waals surface area contributed by atoms with Crippen molar-refractivity contribution in [1.82, 2.24) is 0 Å². The van der Waals surface area contributed by atoms with Crippen molar-refractivity contribution in [1.29, 1.82) is 0 Å². The molecule has 2 heteroatoms. The van der Waals surface area contributed by atoms with Gasteiger partial charge < -0.3 is 5.73 Å². The van der Waals surface area contributed by atoms with Crippen molar-refractivity contribution >= 4 is 43.9 Å². The molecular weight excluding hydrogens is 689 g/mol. The van der Waals surface area contributed by atoms with Crippen LogP contribution in [0.25, 0.3) is 71.4 Å². The van der Waals surface area contributed by atoms with Crippen LogP contribution in [-0.2, 0) is 11.8 Å². The first-order valence-corrected chi connectivity index (χ1v) is 19.8. The first-order chi connectivity index (χ1) is 27.9. The van der Waals surface area contributed by atoms with Crippen LogP contribution in [0.1, 0.15) is 41.7 Å². The van der Waals surface area contributed by atoms with Gasteiger partial charge in [0.05, 0.1) is 5.70 Å². The van der Waals surface area contributed by atoms with Crippen LogP contribution in [0, 0.1) is 0 Å². The minimum Gasteiger partial charge on any atom is -0.383 e. The van der Waals surface area contributed by atoms with E-state index in [0.717, 1.165) is 27.8 Å². The zero-order chi connectivity index (χ0) is 38.5. The van der Waals surface area contributed by atoms with Crippen LogP contribution in [0.4, 0.5) is 0 Å². The molecule has 0 unspecified atom stereocenters. The van der Waals surface area contributed by atoms with E-state index in [1.165, 1.54) is 71.4 Å². The lowest BCUT2D eigenvalue weighted by Crippen LogP contribution is -2.14. The summed E-state index contributed by atoms with van der Waals surface area (Å²) in [5, 5.41) is 7.36. The van der Waals surface area contributed by atoms with Gasteiger partial charge >= 0.3 is 0 Å². The molecule has 0 spiro atoms. The number of rotatable bonds is 7. The van der Waals surface area contributed by atoms with E-state index in [2.05, 4.69) is 202 Å². The number of allylic oxidation sites excluding steroid dienone is 1. The van der Waals surface area contributed by atoms with Crippen molar-refractivity contribution in [2.24, 2.45) is 10.7 Å². The number of nitrogens with zero attached hydrogens (tertiary/aromatic N) is 1. The Morgan fingerprint density at radius 2 is 1.16 bits per heavy atom. The molecule has 0 heterocycles. The third kappa shape index (κ3) is 6.02. The molecule has 2 N–H and O–H groups in total. The summed E-state index contributed by atoms with van der Waals surface area (Å²) in [6.45, 7) is 4.73. The number of hydrogen-bond donors (Lipinski definition) is 1. The zero-order valence-corrected chi connectivity index (χ0v) is 32.2. The Kier molecular flexibility index (Phi) is 8.42. The van der Waals surface area contributed by atoms with Crippen LogP contribution in [0.3, 0.4) is 0 Å². The second kappa shape index (κ2) is 13.9. The maximum atomic E-state index is 6.92. The number of fused-ring (bicyclic) bond motifs is 7. The topological polar surface area (TPSA) is 38.4 Å². The van der Waals surface area contributed by atoms with Gasteiger partial charge in [-0.1, -0.05) is 208 Å². The molecule has 2 nitrogen and oxygen atoms in total. The highest BCUT2D eigenvalue weighted by Crippen LogP contribution is 2.55. The lowest BCUT2D eigenvalue weighted by Gasteiger charge is -2.22. The molecule has 0 fully saturated rings. The molecule has 272 valence electrons. The molecule has 57 heavy (non-hydrogen) atoms. The summed E-state index contributed by atoms with van der Waals surface area (Å²) in [6.07, 6.45) is 2.95. The Hall–Kier alpha value is -7.03.